The lowest BCUT2D eigenvalue weighted by molar-refractivity contribution is 0.0787. The maximum Gasteiger partial charge on any atom is 0.254 e. The molecule has 1 saturated heterocycles. The predicted molar refractivity (Wildman–Crippen MR) is 82.2 cm³/mol. The summed E-state index contributed by atoms with van der Waals surface area (Å²) in [4.78, 5) is 14.1. The molecule has 1 unspecified atom stereocenters. The van der Waals surface area contributed by atoms with Gasteiger partial charge in [-0.2, -0.15) is 0 Å². The van der Waals surface area contributed by atoms with Gasteiger partial charge in [-0.05, 0) is 54.6 Å². The number of carbonyl (C=O) groups excluding carboxylic acids is 1. The second-order valence-corrected chi connectivity index (χ2v) is 6.91. The highest BCUT2D eigenvalue weighted by Gasteiger charge is 2.26. The van der Waals surface area contributed by atoms with Gasteiger partial charge in [-0.25, -0.2) is 0 Å². The topological polar surface area (TPSA) is 32.3 Å². The molecule has 1 aromatic rings. The van der Waals surface area contributed by atoms with Crippen molar-refractivity contribution < 1.29 is 4.79 Å². The zero-order valence-corrected chi connectivity index (χ0v) is 13.4. The molecule has 0 aromatic carbocycles. The molecule has 1 aliphatic rings. The summed E-state index contributed by atoms with van der Waals surface area (Å²) >= 11 is 3.88. The summed E-state index contributed by atoms with van der Waals surface area (Å²) < 4.78 is 1.17. The van der Waals surface area contributed by atoms with Crippen LogP contribution in [0.5, 0.6) is 0 Å². The molecule has 0 bridgehead atoms. The van der Waals surface area contributed by atoms with E-state index < -0.39 is 0 Å². The molecule has 1 atom stereocenters. The molecule has 1 aromatic heterocycles. The van der Waals surface area contributed by atoms with Gasteiger partial charge in [-0.1, -0.05) is 0 Å². The molecular weight excluding hydrogens is 371 g/mol. The molecule has 0 spiro atoms. The van der Waals surface area contributed by atoms with Crippen LogP contribution in [0.25, 0.3) is 0 Å². The molecule has 2 rings (SSSR count). The fourth-order valence-corrected chi connectivity index (χ4v) is 3.40. The highest BCUT2D eigenvalue weighted by Crippen LogP contribution is 2.22. The molecule has 96 valence electrons. The number of rotatable bonds is 3. The highest BCUT2D eigenvalue weighted by atomic mass is 127. The van der Waals surface area contributed by atoms with Gasteiger partial charge in [0.15, 0.2) is 0 Å². The molecule has 17 heavy (non-hydrogen) atoms. The van der Waals surface area contributed by atoms with Crippen molar-refractivity contribution in [3.05, 3.63) is 19.9 Å². The lowest BCUT2D eigenvalue weighted by Gasteiger charge is -2.15. The molecular formula is C11H16ClIN2OS. The van der Waals surface area contributed by atoms with E-state index in [1.807, 2.05) is 23.4 Å². The molecule has 0 saturated carbocycles. The Balaban J connectivity index is 0.00000144. The summed E-state index contributed by atoms with van der Waals surface area (Å²) in [7, 11) is 1.96. The van der Waals surface area contributed by atoms with Crippen molar-refractivity contribution >= 4 is 52.2 Å². The maximum absolute atomic E-state index is 12.1. The van der Waals surface area contributed by atoms with Gasteiger partial charge in [0.2, 0.25) is 0 Å². The number of hydrogen-bond acceptors (Lipinski definition) is 3. The zero-order valence-electron chi connectivity index (χ0n) is 9.61. The first kappa shape index (κ1) is 15.2. The second-order valence-electron chi connectivity index (χ2n) is 4.10. The largest absolute Gasteiger partial charge is 0.338 e. The monoisotopic (exact) mass is 386 g/mol. The van der Waals surface area contributed by atoms with Crippen LogP contribution in [-0.4, -0.2) is 37.5 Å². The Kier molecular flexibility index (Phi) is 6.19. The molecule has 6 heteroatoms. The summed E-state index contributed by atoms with van der Waals surface area (Å²) in [6.45, 7) is 2.80. The summed E-state index contributed by atoms with van der Waals surface area (Å²) in [5, 5.41) is 5.13. The number of amides is 1. The fourth-order valence-electron chi connectivity index (χ4n) is 2.08. The Bertz CT molecular complexity index is 385. The molecule has 1 amide bonds. The molecule has 1 aliphatic heterocycles. The number of nitrogens with one attached hydrogen (secondary N) is 1. The Labute approximate surface area is 126 Å². The summed E-state index contributed by atoms with van der Waals surface area (Å²) in [5.74, 6) is 0.810. The van der Waals surface area contributed by atoms with Crippen molar-refractivity contribution in [2.75, 3.05) is 26.7 Å². The van der Waals surface area contributed by atoms with Crippen LogP contribution < -0.4 is 5.32 Å². The average Bonchev–Trinajstić information content (AvgIpc) is 2.87. The molecule has 1 fully saturated rings. The first-order chi connectivity index (χ1) is 7.70. The number of likely N-dealkylation sites (tertiary alicyclic amines) is 1. The van der Waals surface area contributed by atoms with Gasteiger partial charge in [-0.15, -0.1) is 23.7 Å². The smallest absolute Gasteiger partial charge is 0.254 e. The van der Waals surface area contributed by atoms with Crippen LogP contribution in [0.4, 0.5) is 0 Å². The third-order valence-electron chi connectivity index (χ3n) is 2.88. The van der Waals surface area contributed by atoms with Crippen LogP contribution in [0.2, 0.25) is 0 Å². The third kappa shape index (κ3) is 3.81. The molecule has 0 radical (unpaired) electrons. The summed E-state index contributed by atoms with van der Waals surface area (Å²) in [5.41, 5.74) is 0.847. The lowest BCUT2D eigenvalue weighted by atomic mass is 10.1. The number of thiophene rings is 1. The van der Waals surface area contributed by atoms with Crippen LogP contribution in [-0.2, 0) is 0 Å². The van der Waals surface area contributed by atoms with Crippen LogP contribution in [0.3, 0.4) is 0 Å². The van der Waals surface area contributed by atoms with Crippen molar-refractivity contribution in [2.45, 2.75) is 6.42 Å². The fraction of sp³-hybridized carbons (Fsp3) is 0.545. The van der Waals surface area contributed by atoms with E-state index in [1.165, 1.54) is 2.88 Å². The first-order valence-corrected chi connectivity index (χ1v) is 7.34. The van der Waals surface area contributed by atoms with Crippen molar-refractivity contribution in [1.82, 2.24) is 10.2 Å². The minimum absolute atomic E-state index is 0. The summed E-state index contributed by atoms with van der Waals surface area (Å²) in [6.07, 6.45) is 1.12. The van der Waals surface area contributed by atoms with Crippen molar-refractivity contribution in [3.8, 4) is 0 Å². The normalized spacial score (nSPS) is 19.2. The van der Waals surface area contributed by atoms with E-state index in [0.717, 1.165) is 31.6 Å². The van der Waals surface area contributed by atoms with E-state index in [-0.39, 0.29) is 18.3 Å². The molecule has 3 nitrogen and oxygen atoms in total. The van der Waals surface area contributed by atoms with Gasteiger partial charge in [0.1, 0.15) is 0 Å². The van der Waals surface area contributed by atoms with Gasteiger partial charge in [0.05, 0.1) is 8.45 Å². The summed E-state index contributed by atoms with van der Waals surface area (Å²) in [6, 6.07) is 1.97. The standard InChI is InChI=1S/C11H15IN2OS.ClH/c1-13-5-8-2-3-14(6-8)11(15)9-4-10(12)16-7-9;/h4,7-8,13H,2-3,5-6H2,1H3;1H. The van der Waals surface area contributed by atoms with E-state index in [4.69, 9.17) is 0 Å². The van der Waals surface area contributed by atoms with E-state index in [2.05, 4.69) is 27.9 Å². The number of nitrogens with zero attached hydrogens (tertiary/aromatic N) is 1. The minimum atomic E-state index is 0. The lowest BCUT2D eigenvalue weighted by Crippen LogP contribution is -2.30. The van der Waals surface area contributed by atoms with Crippen LogP contribution in [0, 0.1) is 8.80 Å². The van der Waals surface area contributed by atoms with Gasteiger partial charge in [0, 0.05) is 18.5 Å². The van der Waals surface area contributed by atoms with E-state index >= 15 is 0 Å². The maximum atomic E-state index is 12.1. The Morgan fingerprint density at radius 1 is 1.71 bits per heavy atom. The Morgan fingerprint density at radius 3 is 3.06 bits per heavy atom. The molecule has 1 N–H and O–H groups in total. The predicted octanol–water partition coefficient (Wildman–Crippen LogP) is 2.46. The second kappa shape index (κ2) is 6.92. The van der Waals surface area contributed by atoms with Crippen LogP contribution in [0.1, 0.15) is 16.8 Å². The SMILES string of the molecule is CNCC1CCN(C(=O)c2csc(I)c2)C1.Cl. The van der Waals surface area contributed by atoms with E-state index in [9.17, 15) is 4.79 Å². The Hall–Kier alpha value is 0.150. The number of hydrogen-bond donors (Lipinski definition) is 1. The van der Waals surface area contributed by atoms with E-state index in [1.54, 1.807) is 11.3 Å². The zero-order chi connectivity index (χ0) is 11.5. The van der Waals surface area contributed by atoms with Crippen molar-refractivity contribution in [2.24, 2.45) is 5.92 Å². The number of carbonyl (C=O) groups is 1. The molecule has 2 heterocycles. The van der Waals surface area contributed by atoms with Gasteiger partial charge in [0.25, 0.3) is 5.91 Å². The van der Waals surface area contributed by atoms with Crippen molar-refractivity contribution in [3.63, 3.8) is 0 Å². The highest BCUT2D eigenvalue weighted by molar-refractivity contribution is 14.1. The van der Waals surface area contributed by atoms with Crippen LogP contribution >= 0.6 is 46.3 Å². The number of halogens is 2. The first-order valence-electron chi connectivity index (χ1n) is 5.38. The minimum Gasteiger partial charge on any atom is -0.338 e. The quantitative estimate of drug-likeness (QED) is 0.810. The van der Waals surface area contributed by atoms with Gasteiger partial charge in [-0.3, -0.25) is 4.79 Å². The third-order valence-corrected chi connectivity index (χ3v) is 4.67. The van der Waals surface area contributed by atoms with Gasteiger partial charge >= 0.3 is 0 Å². The molecule has 0 aliphatic carbocycles. The van der Waals surface area contributed by atoms with Crippen LogP contribution in [0.15, 0.2) is 11.4 Å². The average molecular weight is 387 g/mol. The van der Waals surface area contributed by atoms with E-state index in [0.29, 0.717) is 5.92 Å². The Morgan fingerprint density at radius 2 is 2.47 bits per heavy atom. The van der Waals surface area contributed by atoms with Gasteiger partial charge < -0.3 is 10.2 Å². The van der Waals surface area contributed by atoms with Crippen molar-refractivity contribution in [1.29, 1.82) is 0 Å².